The first-order chi connectivity index (χ1) is 12.6. The summed E-state index contributed by atoms with van der Waals surface area (Å²) >= 11 is 5.93. The number of carbonyl (C=O) groups excluding carboxylic acids is 2. The molecule has 0 bridgehead atoms. The van der Waals surface area contributed by atoms with E-state index in [1.165, 1.54) is 44.4 Å². The van der Waals surface area contributed by atoms with Gasteiger partial charge in [-0.2, -0.15) is 0 Å². The van der Waals surface area contributed by atoms with E-state index in [1.54, 1.807) is 0 Å². The number of hydrogen-bond donors (Lipinski definition) is 1. The maximum absolute atomic E-state index is 13.1. The lowest BCUT2D eigenvalue weighted by Crippen LogP contribution is -2.23. The summed E-state index contributed by atoms with van der Waals surface area (Å²) in [5, 5.41) is 2.34. The van der Waals surface area contributed by atoms with E-state index in [9.17, 15) is 22.4 Å². The largest absolute Gasteiger partial charge is 0.452 e. The second-order valence-corrected chi connectivity index (χ2v) is 8.12. The number of halogens is 2. The number of anilines is 1. The Balaban J connectivity index is 2.08. The number of sulfonamides is 1. The van der Waals surface area contributed by atoms with Crippen LogP contribution in [-0.4, -0.2) is 45.3 Å². The minimum atomic E-state index is -3.77. The molecule has 2 aromatic carbocycles. The molecule has 0 atom stereocenters. The van der Waals surface area contributed by atoms with E-state index >= 15 is 0 Å². The highest BCUT2D eigenvalue weighted by molar-refractivity contribution is 7.89. The Kier molecular flexibility index (Phi) is 6.53. The Labute approximate surface area is 160 Å². The highest BCUT2D eigenvalue weighted by Gasteiger charge is 2.22. The van der Waals surface area contributed by atoms with Gasteiger partial charge in [0.15, 0.2) is 6.61 Å². The molecular formula is C17H16ClFN2O5S. The highest BCUT2D eigenvalue weighted by atomic mass is 35.5. The van der Waals surface area contributed by atoms with E-state index in [0.717, 1.165) is 16.4 Å². The van der Waals surface area contributed by atoms with Crippen molar-refractivity contribution < 1.29 is 27.1 Å². The summed E-state index contributed by atoms with van der Waals surface area (Å²) in [6, 6.07) is 8.78. The lowest BCUT2D eigenvalue weighted by molar-refractivity contribution is -0.119. The molecule has 0 saturated carbocycles. The van der Waals surface area contributed by atoms with Crippen molar-refractivity contribution in [2.45, 2.75) is 4.90 Å². The first kappa shape index (κ1) is 20.8. The van der Waals surface area contributed by atoms with Gasteiger partial charge >= 0.3 is 5.97 Å². The molecule has 0 heterocycles. The van der Waals surface area contributed by atoms with Crippen LogP contribution >= 0.6 is 11.6 Å². The zero-order valence-electron chi connectivity index (χ0n) is 14.4. The van der Waals surface area contributed by atoms with Crippen LogP contribution in [0.3, 0.4) is 0 Å². The van der Waals surface area contributed by atoms with Crippen molar-refractivity contribution in [3.8, 4) is 0 Å². The van der Waals surface area contributed by atoms with Gasteiger partial charge in [-0.3, -0.25) is 4.79 Å². The SMILES string of the molecule is CN(C)S(=O)(=O)c1ccc(Cl)c(C(=O)OCC(=O)Nc2cccc(F)c2)c1. The van der Waals surface area contributed by atoms with Crippen LogP contribution in [0, 0.1) is 5.82 Å². The van der Waals surface area contributed by atoms with E-state index < -0.39 is 34.3 Å². The number of nitrogens with one attached hydrogen (secondary N) is 1. The van der Waals surface area contributed by atoms with Crippen molar-refractivity contribution in [2.24, 2.45) is 0 Å². The number of hydrogen-bond acceptors (Lipinski definition) is 5. The first-order valence-corrected chi connectivity index (χ1v) is 9.37. The van der Waals surface area contributed by atoms with Crippen LogP contribution in [0.4, 0.5) is 10.1 Å². The van der Waals surface area contributed by atoms with Gasteiger partial charge in [-0.05, 0) is 36.4 Å². The van der Waals surface area contributed by atoms with Gasteiger partial charge in [0.2, 0.25) is 10.0 Å². The summed E-state index contributed by atoms with van der Waals surface area (Å²) in [6.07, 6.45) is 0. The number of rotatable bonds is 6. The minimum Gasteiger partial charge on any atom is -0.452 e. The summed E-state index contributed by atoms with van der Waals surface area (Å²) in [6.45, 7) is -0.656. The van der Waals surface area contributed by atoms with Gasteiger partial charge in [-0.1, -0.05) is 17.7 Å². The smallest absolute Gasteiger partial charge is 0.340 e. The topological polar surface area (TPSA) is 92.8 Å². The maximum Gasteiger partial charge on any atom is 0.340 e. The molecule has 0 spiro atoms. The van der Waals surface area contributed by atoms with E-state index in [2.05, 4.69) is 5.32 Å². The third-order valence-corrected chi connectivity index (χ3v) is 5.52. The summed E-state index contributed by atoms with van der Waals surface area (Å²) < 4.78 is 43.2. The number of carbonyl (C=O) groups is 2. The molecule has 0 aliphatic carbocycles. The number of esters is 1. The molecule has 0 fully saturated rings. The van der Waals surface area contributed by atoms with Crippen LogP contribution in [-0.2, 0) is 19.6 Å². The van der Waals surface area contributed by atoms with Crippen molar-refractivity contribution >= 4 is 39.2 Å². The molecular weight excluding hydrogens is 399 g/mol. The summed E-state index contributed by atoms with van der Waals surface area (Å²) in [4.78, 5) is 23.8. The lowest BCUT2D eigenvalue weighted by Gasteiger charge is -2.13. The van der Waals surface area contributed by atoms with Crippen molar-refractivity contribution in [2.75, 3.05) is 26.0 Å². The van der Waals surface area contributed by atoms with Crippen LogP contribution in [0.1, 0.15) is 10.4 Å². The van der Waals surface area contributed by atoms with Crippen molar-refractivity contribution in [3.63, 3.8) is 0 Å². The molecule has 0 saturated heterocycles. The van der Waals surface area contributed by atoms with Crippen LogP contribution < -0.4 is 5.32 Å². The predicted octanol–water partition coefficient (Wildman–Crippen LogP) is 2.52. The molecule has 1 N–H and O–H groups in total. The normalized spacial score (nSPS) is 11.3. The van der Waals surface area contributed by atoms with Gasteiger partial charge in [0.1, 0.15) is 5.82 Å². The second kappa shape index (κ2) is 8.47. The third kappa shape index (κ3) is 5.25. The minimum absolute atomic E-state index is 0.0248. The molecule has 7 nitrogen and oxygen atoms in total. The van der Waals surface area contributed by atoms with Gasteiger partial charge in [-0.25, -0.2) is 21.9 Å². The number of amides is 1. The molecule has 2 aromatic rings. The molecule has 144 valence electrons. The summed E-state index contributed by atoms with van der Waals surface area (Å²) in [7, 11) is -1.08. The van der Waals surface area contributed by atoms with E-state index in [0.29, 0.717) is 0 Å². The Morgan fingerprint density at radius 1 is 1.19 bits per heavy atom. The van der Waals surface area contributed by atoms with Gasteiger partial charge < -0.3 is 10.1 Å². The molecule has 0 aliphatic rings. The quantitative estimate of drug-likeness (QED) is 0.733. The molecule has 10 heteroatoms. The standard InChI is InChI=1S/C17H16ClFN2O5S/c1-21(2)27(24,25)13-6-7-15(18)14(9-13)17(23)26-10-16(22)20-12-5-3-4-11(19)8-12/h3-9H,10H2,1-2H3,(H,20,22). The zero-order chi connectivity index (χ0) is 20.2. The molecule has 1 amide bonds. The molecule has 27 heavy (non-hydrogen) atoms. The fraction of sp³-hybridized carbons (Fsp3) is 0.176. The van der Waals surface area contributed by atoms with Crippen molar-refractivity contribution in [1.82, 2.24) is 4.31 Å². The number of ether oxygens (including phenoxy) is 1. The number of benzene rings is 2. The van der Waals surface area contributed by atoms with Crippen LogP contribution in [0.15, 0.2) is 47.4 Å². The van der Waals surface area contributed by atoms with Crippen LogP contribution in [0.2, 0.25) is 5.02 Å². The molecule has 2 rings (SSSR count). The Morgan fingerprint density at radius 2 is 1.89 bits per heavy atom. The lowest BCUT2D eigenvalue weighted by atomic mass is 10.2. The fourth-order valence-corrected chi connectivity index (χ4v) is 3.13. The highest BCUT2D eigenvalue weighted by Crippen LogP contribution is 2.23. The number of nitrogens with zero attached hydrogens (tertiary/aromatic N) is 1. The van der Waals surface area contributed by atoms with Gasteiger partial charge in [0, 0.05) is 19.8 Å². The Bertz CT molecular complexity index is 979. The second-order valence-electron chi connectivity index (χ2n) is 5.56. The zero-order valence-corrected chi connectivity index (χ0v) is 16.0. The molecule has 0 aromatic heterocycles. The van der Waals surface area contributed by atoms with Crippen LogP contribution in [0.5, 0.6) is 0 Å². The van der Waals surface area contributed by atoms with Gasteiger partial charge in [-0.15, -0.1) is 0 Å². The van der Waals surface area contributed by atoms with Crippen molar-refractivity contribution in [1.29, 1.82) is 0 Å². The van der Waals surface area contributed by atoms with E-state index in [-0.39, 0.29) is 21.2 Å². The van der Waals surface area contributed by atoms with E-state index in [4.69, 9.17) is 16.3 Å². The Hall–Kier alpha value is -2.49. The van der Waals surface area contributed by atoms with Gasteiger partial charge in [0.05, 0.1) is 15.5 Å². The summed E-state index contributed by atoms with van der Waals surface area (Å²) in [5.74, 6) is -2.19. The molecule has 0 unspecified atom stereocenters. The average molecular weight is 415 g/mol. The first-order valence-electron chi connectivity index (χ1n) is 7.56. The maximum atomic E-state index is 13.1. The molecule has 0 radical (unpaired) electrons. The van der Waals surface area contributed by atoms with Crippen molar-refractivity contribution in [3.05, 3.63) is 58.9 Å². The van der Waals surface area contributed by atoms with Crippen LogP contribution in [0.25, 0.3) is 0 Å². The molecule has 0 aliphatic heterocycles. The average Bonchev–Trinajstić information content (AvgIpc) is 2.59. The monoisotopic (exact) mass is 414 g/mol. The fourth-order valence-electron chi connectivity index (χ4n) is 2.00. The summed E-state index contributed by atoms with van der Waals surface area (Å²) in [5.41, 5.74) is 0.00584. The van der Waals surface area contributed by atoms with Gasteiger partial charge in [0.25, 0.3) is 5.91 Å². The third-order valence-electron chi connectivity index (χ3n) is 3.38. The Morgan fingerprint density at radius 3 is 2.52 bits per heavy atom. The van der Waals surface area contributed by atoms with E-state index in [1.807, 2.05) is 0 Å². The predicted molar refractivity (Wildman–Crippen MR) is 97.6 cm³/mol.